The summed E-state index contributed by atoms with van der Waals surface area (Å²) in [6, 6.07) is 32.3. The number of nitrogens with zero attached hydrogens (tertiary/aromatic N) is 5. The molecule has 5 atom stereocenters. The molecule has 2 amide bonds. The number of methoxy groups -OCH3 is 2. The van der Waals surface area contributed by atoms with Gasteiger partial charge in [-0.25, -0.2) is 0 Å². The minimum Gasteiger partial charge on any atom is -0.497 e. The van der Waals surface area contributed by atoms with Gasteiger partial charge in [0.2, 0.25) is 5.91 Å². The molecule has 60 heavy (non-hydrogen) atoms. The molecule has 3 aliphatic rings. The van der Waals surface area contributed by atoms with Crippen LogP contribution >= 0.6 is 0 Å². The van der Waals surface area contributed by atoms with E-state index >= 15 is 4.79 Å². The molecule has 1 spiro atoms. The molecule has 314 valence electrons. The predicted molar refractivity (Wildman–Crippen MR) is 236 cm³/mol. The number of benzene rings is 4. The molecular formula is C48H57N5O6Si. The summed E-state index contributed by atoms with van der Waals surface area (Å²) in [5.74, 6) is 1.08. The van der Waals surface area contributed by atoms with Crippen LogP contribution in [0.2, 0.25) is 18.6 Å². The first-order chi connectivity index (χ1) is 29.1. The van der Waals surface area contributed by atoms with E-state index in [-0.39, 0.29) is 41.9 Å². The van der Waals surface area contributed by atoms with Crippen LogP contribution in [0.4, 0.5) is 11.4 Å². The van der Waals surface area contributed by atoms with E-state index in [1.807, 2.05) is 106 Å². The summed E-state index contributed by atoms with van der Waals surface area (Å²) < 4.78 is 20.6. The summed E-state index contributed by atoms with van der Waals surface area (Å²) in [6.45, 7) is 8.48. The Labute approximate surface area is 354 Å². The fourth-order valence-electron chi connectivity index (χ4n) is 10.1. The van der Waals surface area contributed by atoms with Crippen LogP contribution in [0.25, 0.3) is 0 Å². The maximum atomic E-state index is 15.4. The number of amides is 2. The van der Waals surface area contributed by atoms with Gasteiger partial charge in [-0.3, -0.25) is 14.3 Å². The molecular weight excluding hydrogens is 771 g/mol. The number of ether oxygens (including phenoxy) is 3. The Bertz CT molecular complexity index is 2280. The van der Waals surface area contributed by atoms with Gasteiger partial charge in [0, 0.05) is 42.9 Å². The van der Waals surface area contributed by atoms with E-state index in [1.54, 1.807) is 14.2 Å². The van der Waals surface area contributed by atoms with Crippen molar-refractivity contribution in [1.82, 2.24) is 15.0 Å². The molecule has 3 aliphatic heterocycles. The zero-order valence-corrected chi connectivity index (χ0v) is 36.4. The fourth-order valence-corrected chi connectivity index (χ4v) is 14.2. The number of aliphatic hydroxyl groups excluding tert-OH is 1. The number of carbonyl (C=O) groups is 2. The first kappa shape index (κ1) is 41.4. The number of fused-ring (bicyclic) bond motifs is 2. The van der Waals surface area contributed by atoms with Gasteiger partial charge in [-0.05, 0) is 78.4 Å². The molecule has 8 rings (SSSR count). The highest BCUT2D eigenvalue weighted by atomic mass is 28.3. The number of carbonyl (C=O) groups excluding carboxylic acids is 2. The van der Waals surface area contributed by atoms with E-state index in [1.165, 1.54) is 5.19 Å². The highest BCUT2D eigenvalue weighted by Gasteiger charge is 2.66. The minimum absolute atomic E-state index is 0.0287. The molecule has 0 saturated carbocycles. The van der Waals surface area contributed by atoms with Crippen molar-refractivity contribution in [2.75, 3.05) is 37.2 Å². The summed E-state index contributed by atoms with van der Waals surface area (Å²) in [7, 11) is 0.928. The van der Waals surface area contributed by atoms with E-state index in [0.717, 1.165) is 66.0 Å². The number of aryl methyl sites for hydroxylation is 1. The first-order valence-electron chi connectivity index (χ1n) is 21.4. The van der Waals surface area contributed by atoms with Crippen LogP contribution in [-0.4, -0.2) is 73.5 Å². The Hall–Kier alpha value is -5.30. The van der Waals surface area contributed by atoms with Gasteiger partial charge in [0.1, 0.15) is 11.5 Å². The zero-order chi connectivity index (χ0) is 42.0. The normalized spacial score (nSPS) is 22.5. The smallest absolute Gasteiger partial charge is 0.264 e. The second-order valence-corrected chi connectivity index (χ2v) is 21.8. The monoisotopic (exact) mass is 827 g/mol. The van der Waals surface area contributed by atoms with Gasteiger partial charge in [0.25, 0.3) is 5.91 Å². The Morgan fingerprint density at radius 1 is 0.900 bits per heavy atom. The van der Waals surface area contributed by atoms with Crippen LogP contribution in [0.3, 0.4) is 0 Å². The van der Waals surface area contributed by atoms with Gasteiger partial charge >= 0.3 is 0 Å². The van der Waals surface area contributed by atoms with Gasteiger partial charge in [0.15, 0.2) is 5.60 Å². The number of aromatic nitrogens is 3. The average Bonchev–Trinajstić information content (AvgIpc) is 3.92. The lowest BCUT2D eigenvalue weighted by molar-refractivity contribution is -0.146. The minimum atomic E-state index is -2.40. The number of hydrogen-bond acceptors (Lipinski definition) is 8. The molecule has 0 aliphatic carbocycles. The van der Waals surface area contributed by atoms with Crippen molar-refractivity contribution >= 4 is 36.4 Å². The number of aliphatic hydroxyl groups is 1. The highest BCUT2D eigenvalue weighted by Crippen LogP contribution is 2.60. The highest BCUT2D eigenvalue weighted by molar-refractivity contribution is 6.91. The van der Waals surface area contributed by atoms with Crippen molar-refractivity contribution < 1.29 is 28.9 Å². The zero-order valence-electron chi connectivity index (χ0n) is 35.4. The van der Waals surface area contributed by atoms with Crippen LogP contribution in [0.15, 0.2) is 103 Å². The molecule has 4 aromatic carbocycles. The molecule has 11 nitrogen and oxygen atoms in total. The van der Waals surface area contributed by atoms with Crippen LogP contribution < -0.4 is 24.5 Å². The fraction of sp³-hybridized carbons (Fsp3) is 0.417. The van der Waals surface area contributed by atoms with Gasteiger partial charge in [-0.1, -0.05) is 97.9 Å². The Morgan fingerprint density at radius 3 is 2.33 bits per heavy atom. The van der Waals surface area contributed by atoms with Gasteiger partial charge in [0.05, 0.1) is 58.8 Å². The van der Waals surface area contributed by atoms with Gasteiger partial charge < -0.3 is 29.1 Å². The molecule has 12 heteroatoms. The Morgan fingerprint density at radius 2 is 1.62 bits per heavy atom. The molecule has 4 heterocycles. The number of hydrogen-bond donors (Lipinski definition) is 1. The number of anilines is 2. The van der Waals surface area contributed by atoms with Crippen LogP contribution in [-0.2, 0) is 33.0 Å². The van der Waals surface area contributed by atoms with Crippen molar-refractivity contribution in [3.05, 3.63) is 126 Å². The third kappa shape index (κ3) is 7.65. The van der Waals surface area contributed by atoms with Gasteiger partial charge in [-0.2, -0.15) is 0 Å². The quantitative estimate of drug-likeness (QED) is 0.121. The van der Waals surface area contributed by atoms with E-state index < -0.39 is 13.7 Å². The SMILES string of the molecule is COc1ccc([Si](C)(C)[C@H]2[C@H](CCn3cc(C(CO)c4ccccc4)nn3)O[C@@]3(C(=O)N(Cc4ccc(N5CCCCCCC5=O)cc4)c4ccc(OC)cc43)[C@@H]2C)cc1. The summed E-state index contributed by atoms with van der Waals surface area (Å²) in [5, 5.41) is 20.6. The van der Waals surface area contributed by atoms with E-state index in [9.17, 15) is 9.90 Å². The van der Waals surface area contributed by atoms with Crippen LogP contribution in [0.1, 0.15) is 73.8 Å². The summed E-state index contributed by atoms with van der Waals surface area (Å²) in [4.78, 5) is 32.3. The molecule has 1 aromatic heterocycles. The van der Waals surface area contributed by atoms with Crippen molar-refractivity contribution in [2.45, 2.75) is 94.8 Å². The molecule has 5 aromatic rings. The number of rotatable bonds is 13. The molecule has 1 unspecified atom stereocenters. The summed E-state index contributed by atoms with van der Waals surface area (Å²) in [6.07, 6.45) is 6.96. The van der Waals surface area contributed by atoms with Crippen LogP contribution in [0.5, 0.6) is 11.5 Å². The van der Waals surface area contributed by atoms with E-state index in [2.05, 4.69) is 42.5 Å². The summed E-state index contributed by atoms with van der Waals surface area (Å²) in [5.41, 5.74) is 3.96. The second kappa shape index (κ2) is 17.4. The third-order valence-electron chi connectivity index (χ3n) is 13.4. The van der Waals surface area contributed by atoms with Crippen LogP contribution in [0, 0.1) is 5.92 Å². The Balaban J connectivity index is 1.13. The molecule has 2 fully saturated rings. The summed E-state index contributed by atoms with van der Waals surface area (Å²) >= 11 is 0. The molecule has 2 saturated heterocycles. The second-order valence-electron chi connectivity index (χ2n) is 17.1. The lowest BCUT2D eigenvalue weighted by Gasteiger charge is -2.37. The predicted octanol–water partition coefficient (Wildman–Crippen LogP) is 7.57. The third-order valence-corrected chi connectivity index (χ3v) is 17.8. The largest absolute Gasteiger partial charge is 0.497 e. The van der Waals surface area contributed by atoms with Gasteiger partial charge in [-0.15, -0.1) is 5.10 Å². The maximum Gasteiger partial charge on any atom is 0.264 e. The standard InChI is InChI=1S/C48H57N5O6Si/c1-33-46(60(4,5)39-23-20-37(57-2)21-24-39)44(26-28-51-31-42(49-50-51)40(32-54)35-13-9-8-10-14-35)59-48(33)41-29-38(58-3)22-25-43(41)53(47(48)56)30-34-16-18-36(19-17-34)52-27-12-7-6-11-15-45(52)55/h8-10,13-14,16-25,29,31,33,40,44,46,54H,6-7,11-12,15,26-28,30,32H2,1-5H3/t33-,40?,44+,46-,48+/m1/s1. The Kier molecular flexibility index (Phi) is 12.0. The first-order valence-corrected chi connectivity index (χ1v) is 24.4. The van der Waals surface area contributed by atoms with E-state index in [0.29, 0.717) is 37.4 Å². The van der Waals surface area contributed by atoms with Crippen molar-refractivity contribution in [3.8, 4) is 11.5 Å². The maximum absolute atomic E-state index is 15.4. The molecule has 1 N–H and O–H groups in total. The van der Waals surface area contributed by atoms with Crippen molar-refractivity contribution in [1.29, 1.82) is 0 Å². The average molecular weight is 828 g/mol. The lowest BCUT2D eigenvalue weighted by atomic mass is 9.82. The van der Waals surface area contributed by atoms with E-state index in [4.69, 9.17) is 14.2 Å². The van der Waals surface area contributed by atoms with Crippen molar-refractivity contribution in [3.63, 3.8) is 0 Å². The molecule has 0 radical (unpaired) electrons. The lowest BCUT2D eigenvalue weighted by Crippen LogP contribution is -2.51. The molecule has 0 bridgehead atoms. The topological polar surface area (TPSA) is 119 Å². The van der Waals surface area contributed by atoms with Crippen molar-refractivity contribution in [2.24, 2.45) is 5.92 Å².